The predicted molar refractivity (Wildman–Crippen MR) is 67.9 cm³/mol. The minimum absolute atomic E-state index is 0.00641. The third-order valence-corrected chi connectivity index (χ3v) is 4.34. The first-order valence-corrected chi connectivity index (χ1v) is 7.33. The molecule has 0 aromatic carbocycles. The van der Waals surface area contributed by atoms with Crippen molar-refractivity contribution in [2.75, 3.05) is 31.1 Å². The second-order valence-corrected chi connectivity index (χ2v) is 5.82. The average molecular weight is 243 g/mol. The van der Waals surface area contributed by atoms with E-state index in [1.54, 1.807) is 0 Å². The Bertz CT molecular complexity index is 225. The second kappa shape index (κ2) is 6.35. The van der Waals surface area contributed by atoms with E-state index in [4.69, 9.17) is 0 Å². The molecular weight excluding hydrogens is 222 g/mol. The van der Waals surface area contributed by atoms with Gasteiger partial charge in [-0.25, -0.2) is 4.79 Å². The van der Waals surface area contributed by atoms with Gasteiger partial charge in [-0.05, 0) is 43.2 Å². The Morgan fingerprint density at radius 1 is 1.31 bits per heavy atom. The van der Waals surface area contributed by atoms with Gasteiger partial charge in [0.25, 0.3) is 0 Å². The number of carbonyl (C=O) groups is 1. The molecule has 0 radical (unpaired) electrons. The summed E-state index contributed by atoms with van der Waals surface area (Å²) in [5, 5.41) is 9.23. The lowest BCUT2D eigenvalue weighted by Gasteiger charge is -2.22. The first-order chi connectivity index (χ1) is 7.84. The minimum Gasteiger partial charge on any atom is -0.338 e. The average Bonchev–Trinajstić information content (AvgIpc) is 2.81. The monoisotopic (exact) mass is 243 g/mol. The van der Waals surface area contributed by atoms with Crippen LogP contribution in [0.1, 0.15) is 19.3 Å². The summed E-state index contributed by atoms with van der Waals surface area (Å²) in [4.78, 5) is 11.6. The Morgan fingerprint density at radius 3 is 2.81 bits per heavy atom. The van der Waals surface area contributed by atoms with Crippen LogP contribution in [-0.4, -0.2) is 43.2 Å². The Balaban J connectivity index is 1.59. The van der Waals surface area contributed by atoms with Gasteiger partial charge in [-0.3, -0.25) is 0 Å². The molecule has 1 unspecified atom stereocenters. The molecule has 2 amide bonds. The molecule has 2 aliphatic heterocycles. The van der Waals surface area contributed by atoms with Gasteiger partial charge in [-0.2, -0.15) is 11.8 Å². The highest BCUT2D eigenvalue weighted by Crippen LogP contribution is 2.21. The first kappa shape index (κ1) is 12.0. The summed E-state index contributed by atoms with van der Waals surface area (Å²) in [6.07, 6.45) is 3.54. The van der Waals surface area contributed by atoms with Gasteiger partial charge in [0.1, 0.15) is 0 Å². The zero-order valence-electron chi connectivity index (χ0n) is 9.63. The van der Waals surface area contributed by atoms with E-state index in [1.165, 1.54) is 24.3 Å². The van der Waals surface area contributed by atoms with E-state index in [0.717, 1.165) is 26.1 Å². The molecule has 3 N–H and O–H groups in total. The molecule has 2 heterocycles. The molecule has 0 aromatic rings. The molecule has 4 nitrogen and oxygen atoms in total. The molecular formula is C11H21N3OS. The molecule has 0 aliphatic carbocycles. The lowest BCUT2D eigenvalue weighted by molar-refractivity contribution is 0.235. The van der Waals surface area contributed by atoms with Gasteiger partial charge in [-0.1, -0.05) is 0 Å². The molecule has 2 aliphatic rings. The fourth-order valence-corrected chi connectivity index (χ4v) is 3.41. The Labute approximate surface area is 101 Å². The maximum atomic E-state index is 11.6. The van der Waals surface area contributed by atoms with Crippen LogP contribution in [0.2, 0.25) is 0 Å². The van der Waals surface area contributed by atoms with Crippen LogP contribution in [0.15, 0.2) is 0 Å². The van der Waals surface area contributed by atoms with Crippen LogP contribution in [0.5, 0.6) is 0 Å². The summed E-state index contributed by atoms with van der Waals surface area (Å²) >= 11 is 2.02. The molecule has 0 saturated carbocycles. The predicted octanol–water partition coefficient (Wildman–Crippen LogP) is 0.791. The fraction of sp³-hybridized carbons (Fsp3) is 0.909. The van der Waals surface area contributed by atoms with E-state index in [0.29, 0.717) is 12.0 Å². The van der Waals surface area contributed by atoms with Crippen molar-refractivity contribution < 1.29 is 4.79 Å². The van der Waals surface area contributed by atoms with E-state index >= 15 is 0 Å². The van der Waals surface area contributed by atoms with E-state index in [9.17, 15) is 4.79 Å². The zero-order chi connectivity index (χ0) is 11.2. The lowest BCUT2D eigenvalue weighted by atomic mass is 10.0. The van der Waals surface area contributed by atoms with Crippen molar-refractivity contribution in [3.63, 3.8) is 0 Å². The molecule has 92 valence electrons. The normalized spacial score (nSPS) is 26.6. The molecule has 0 bridgehead atoms. The Hall–Kier alpha value is -0.420. The molecule has 2 fully saturated rings. The highest BCUT2D eigenvalue weighted by atomic mass is 32.2. The summed E-state index contributed by atoms with van der Waals surface area (Å²) in [5.41, 5.74) is 0. The molecule has 2 saturated heterocycles. The highest BCUT2D eigenvalue weighted by Gasteiger charge is 2.18. The van der Waals surface area contributed by atoms with Crippen molar-refractivity contribution in [3.05, 3.63) is 0 Å². The standard InChI is InChI=1S/C11H21N3OS/c15-11(14-10-1-4-12-8-10)13-7-9-2-5-16-6-3-9/h9-10,12H,1-8H2,(H2,13,14,15). The largest absolute Gasteiger partial charge is 0.338 e. The van der Waals surface area contributed by atoms with Gasteiger partial charge in [-0.15, -0.1) is 0 Å². The zero-order valence-corrected chi connectivity index (χ0v) is 10.4. The third kappa shape index (κ3) is 3.87. The summed E-state index contributed by atoms with van der Waals surface area (Å²) in [5.74, 6) is 3.19. The van der Waals surface area contributed by atoms with Crippen molar-refractivity contribution in [2.24, 2.45) is 5.92 Å². The van der Waals surface area contributed by atoms with Gasteiger partial charge < -0.3 is 16.0 Å². The van der Waals surface area contributed by atoms with Gasteiger partial charge in [0, 0.05) is 19.1 Å². The number of thioether (sulfide) groups is 1. The summed E-state index contributed by atoms with van der Waals surface area (Å²) < 4.78 is 0. The van der Waals surface area contributed by atoms with Crippen LogP contribution < -0.4 is 16.0 Å². The van der Waals surface area contributed by atoms with Crippen LogP contribution in [0.4, 0.5) is 4.79 Å². The SMILES string of the molecule is O=C(NCC1CCSCC1)NC1CCNC1. The summed E-state index contributed by atoms with van der Waals surface area (Å²) in [7, 11) is 0. The number of carbonyl (C=O) groups excluding carboxylic acids is 1. The maximum Gasteiger partial charge on any atom is 0.315 e. The van der Waals surface area contributed by atoms with E-state index in [-0.39, 0.29) is 6.03 Å². The van der Waals surface area contributed by atoms with Crippen molar-refractivity contribution in [2.45, 2.75) is 25.3 Å². The van der Waals surface area contributed by atoms with Gasteiger partial charge in [0.15, 0.2) is 0 Å². The number of rotatable bonds is 3. The number of urea groups is 1. The Morgan fingerprint density at radius 2 is 2.12 bits per heavy atom. The maximum absolute atomic E-state index is 11.6. The van der Waals surface area contributed by atoms with Gasteiger partial charge >= 0.3 is 6.03 Å². The lowest BCUT2D eigenvalue weighted by Crippen LogP contribution is -2.44. The molecule has 5 heteroatoms. The van der Waals surface area contributed by atoms with Crippen molar-refractivity contribution in [3.8, 4) is 0 Å². The van der Waals surface area contributed by atoms with Crippen LogP contribution >= 0.6 is 11.8 Å². The summed E-state index contributed by atoms with van der Waals surface area (Å²) in [6, 6.07) is 0.328. The minimum atomic E-state index is 0.00641. The topological polar surface area (TPSA) is 53.2 Å². The summed E-state index contributed by atoms with van der Waals surface area (Å²) in [6.45, 7) is 2.77. The van der Waals surface area contributed by atoms with Crippen LogP contribution in [0, 0.1) is 5.92 Å². The molecule has 0 spiro atoms. The molecule has 1 atom stereocenters. The number of amides is 2. The molecule has 16 heavy (non-hydrogen) atoms. The third-order valence-electron chi connectivity index (χ3n) is 3.29. The van der Waals surface area contributed by atoms with E-state index in [1.807, 2.05) is 11.8 Å². The van der Waals surface area contributed by atoms with Crippen molar-refractivity contribution in [1.82, 2.24) is 16.0 Å². The quantitative estimate of drug-likeness (QED) is 0.687. The first-order valence-electron chi connectivity index (χ1n) is 6.17. The fourth-order valence-electron chi connectivity index (χ4n) is 2.20. The van der Waals surface area contributed by atoms with Crippen molar-refractivity contribution in [1.29, 1.82) is 0 Å². The van der Waals surface area contributed by atoms with Gasteiger partial charge in [0.2, 0.25) is 0 Å². The highest BCUT2D eigenvalue weighted by molar-refractivity contribution is 7.99. The molecule has 2 rings (SSSR count). The number of hydrogen-bond acceptors (Lipinski definition) is 3. The second-order valence-electron chi connectivity index (χ2n) is 4.60. The van der Waals surface area contributed by atoms with Crippen LogP contribution in [0.25, 0.3) is 0 Å². The smallest absolute Gasteiger partial charge is 0.315 e. The number of hydrogen-bond donors (Lipinski definition) is 3. The van der Waals surface area contributed by atoms with Crippen molar-refractivity contribution >= 4 is 17.8 Å². The van der Waals surface area contributed by atoms with Gasteiger partial charge in [0.05, 0.1) is 0 Å². The van der Waals surface area contributed by atoms with Crippen LogP contribution in [-0.2, 0) is 0 Å². The van der Waals surface area contributed by atoms with E-state index in [2.05, 4.69) is 16.0 Å². The number of nitrogens with one attached hydrogen (secondary N) is 3. The van der Waals surface area contributed by atoms with E-state index < -0.39 is 0 Å². The van der Waals surface area contributed by atoms with Crippen LogP contribution in [0.3, 0.4) is 0 Å². The Kier molecular flexibility index (Phi) is 4.78. The molecule has 0 aromatic heterocycles.